The normalized spacial score (nSPS) is 13.1. The van der Waals surface area contributed by atoms with Crippen LogP contribution in [-0.2, 0) is 17.8 Å². The summed E-state index contributed by atoms with van der Waals surface area (Å²) < 4.78 is 0. The lowest BCUT2D eigenvalue weighted by molar-refractivity contribution is -0.131. The zero-order valence-electron chi connectivity index (χ0n) is 15.4. The van der Waals surface area contributed by atoms with Gasteiger partial charge < -0.3 is 10.2 Å². The van der Waals surface area contributed by atoms with Gasteiger partial charge in [0.05, 0.1) is 12.2 Å². The van der Waals surface area contributed by atoms with E-state index in [1.807, 2.05) is 24.3 Å². The molecule has 1 aromatic heterocycles. The molecule has 2 aromatic carbocycles. The summed E-state index contributed by atoms with van der Waals surface area (Å²) in [6.07, 6.45) is 0.687. The van der Waals surface area contributed by atoms with E-state index in [0.29, 0.717) is 35.1 Å². The lowest BCUT2D eigenvalue weighted by Gasteiger charge is -2.27. The zero-order chi connectivity index (χ0) is 20.4. The van der Waals surface area contributed by atoms with Crippen molar-refractivity contribution >= 4 is 35.0 Å². The van der Waals surface area contributed by atoms with E-state index in [9.17, 15) is 9.59 Å². The minimum atomic E-state index is -0.308. The van der Waals surface area contributed by atoms with E-state index in [-0.39, 0.29) is 18.4 Å². The number of hydrogen-bond donors (Lipinski definition) is 2. The summed E-state index contributed by atoms with van der Waals surface area (Å²) >= 11 is 11.8. The molecule has 29 heavy (non-hydrogen) atoms. The number of nitrogens with one attached hydrogen (secondary N) is 2. The largest absolute Gasteiger partial charge is 0.343 e. The Kier molecular flexibility index (Phi) is 5.56. The van der Waals surface area contributed by atoms with Crippen LogP contribution in [0.3, 0.4) is 0 Å². The first-order valence-corrected chi connectivity index (χ1v) is 9.90. The first-order valence-electron chi connectivity index (χ1n) is 9.15. The number of aromatic amines is 1. The molecule has 0 spiro atoms. The zero-order valence-corrected chi connectivity index (χ0v) is 16.9. The van der Waals surface area contributed by atoms with E-state index in [1.54, 1.807) is 29.2 Å². The van der Waals surface area contributed by atoms with Gasteiger partial charge in [-0.3, -0.25) is 14.7 Å². The van der Waals surface area contributed by atoms with Crippen LogP contribution in [0.25, 0.3) is 11.3 Å². The minimum Gasteiger partial charge on any atom is -0.343 e. The first-order chi connectivity index (χ1) is 14.0. The molecule has 0 fully saturated rings. The van der Waals surface area contributed by atoms with E-state index < -0.39 is 0 Å². The SMILES string of the molecule is O=C(NCC(=O)N1CCc2[nH]nc(-c3ccc(Cl)cc3)c2C1)c1ccc(Cl)cc1. The van der Waals surface area contributed by atoms with Gasteiger partial charge in [-0.1, -0.05) is 35.3 Å². The Hall–Kier alpha value is -2.83. The molecule has 1 aliphatic heterocycles. The number of benzene rings is 2. The number of carbonyl (C=O) groups excluding carboxylic acids is 2. The van der Waals surface area contributed by atoms with Crippen LogP contribution >= 0.6 is 23.2 Å². The number of carbonyl (C=O) groups is 2. The Labute approximate surface area is 177 Å². The summed E-state index contributed by atoms with van der Waals surface area (Å²) in [4.78, 5) is 26.6. The van der Waals surface area contributed by atoms with Crippen LogP contribution in [0.4, 0.5) is 0 Å². The molecular weight excluding hydrogens is 411 g/mol. The van der Waals surface area contributed by atoms with Crippen LogP contribution in [0, 0.1) is 0 Å². The summed E-state index contributed by atoms with van der Waals surface area (Å²) in [5.41, 5.74) is 4.25. The van der Waals surface area contributed by atoms with Crippen molar-refractivity contribution in [3.05, 3.63) is 75.4 Å². The number of amides is 2. The summed E-state index contributed by atoms with van der Waals surface area (Å²) in [5.74, 6) is -0.445. The maximum absolute atomic E-state index is 12.7. The number of hydrogen-bond acceptors (Lipinski definition) is 3. The van der Waals surface area contributed by atoms with Gasteiger partial charge in [-0.05, 0) is 36.4 Å². The van der Waals surface area contributed by atoms with Gasteiger partial charge in [0, 0.05) is 51.9 Å². The van der Waals surface area contributed by atoms with Crippen LogP contribution in [-0.4, -0.2) is 40.0 Å². The third-order valence-electron chi connectivity index (χ3n) is 4.91. The lowest BCUT2D eigenvalue weighted by Crippen LogP contribution is -2.42. The third-order valence-corrected chi connectivity index (χ3v) is 5.41. The fraction of sp³-hybridized carbons (Fsp3) is 0.190. The van der Waals surface area contributed by atoms with Crippen molar-refractivity contribution in [2.45, 2.75) is 13.0 Å². The Morgan fingerprint density at radius 2 is 1.69 bits per heavy atom. The van der Waals surface area contributed by atoms with Crippen molar-refractivity contribution < 1.29 is 9.59 Å². The van der Waals surface area contributed by atoms with Gasteiger partial charge in [-0.2, -0.15) is 5.10 Å². The Bertz CT molecular complexity index is 1050. The van der Waals surface area contributed by atoms with Gasteiger partial charge in [0.1, 0.15) is 0 Å². The van der Waals surface area contributed by atoms with Crippen LogP contribution < -0.4 is 5.32 Å². The number of aromatic nitrogens is 2. The second-order valence-electron chi connectivity index (χ2n) is 6.79. The maximum atomic E-state index is 12.7. The summed E-state index contributed by atoms with van der Waals surface area (Å²) in [6.45, 7) is 0.954. The molecule has 1 aliphatic rings. The van der Waals surface area contributed by atoms with Gasteiger partial charge >= 0.3 is 0 Å². The molecule has 0 unspecified atom stereocenters. The number of H-pyrrole nitrogens is 1. The standard InChI is InChI=1S/C21H18Cl2N4O2/c22-15-5-1-13(2-6-15)20-17-12-27(10-9-18(17)25-26-20)19(28)11-24-21(29)14-3-7-16(23)8-4-14/h1-8H,9-12H2,(H,24,29)(H,25,26). The molecule has 6 nitrogen and oxygen atoms in total. The lowest BCUT2D eigenvalue weighted by atomic mass is 10.0. The van der Waals surface area contributed by atoms with Gasteiger partial charge in [0.25, 0.3) is 5.91 Å². The van der Waals surface area contributed by atoms with Crippen LogP contribution in [0.2, 0.25) is 10.0 Å². The quantitative estimate of drug-likeness (QED) is 0.664. The molecule has 148 valence electrons. The second-order valence-corrected chi connectivity index (χ2v) is 7.66. The molecule has 2 N–H and O–H groups in total. The van der Waals surface area contributed by atoms with Crippen LogP contribution in [0.5, 0.6) is 0 Å². The van der Waals surface area contributed by atoms with Gasteiger partial charge in [-0.25, -0.2) is 0 Å². The third kappa shape index (κ3) is 4.28. The molecule has 0 saturated heterocycles. The molecule has 0 aliphatic carbocycles. The van der Waals surface area contributed by atoms with Crippen molar-refractivity contribution in [3.8, 4) is 11.3 Å². The van der Waals surface area contributed by atoms with Gasteiger partial charge in [-0.15, -0.1) is 0 Å². The molecule has 0 bridgehead atoms. The topological polar surface area (TPSA) is 78.1 Å². The summed E-state index contributed by atoms with van der Waals surface area (Å²) in [5, 5.41) is 11.4. The Morgan fingerprint density at radius 1 is 1.03 bits per heavy atom. The molecule has 3 aromatic rings. The van der Waals surface area contributed by atoms with Gasteiger partial charge in [0.2, 0.25) is 5.91 Å². The minimum absolute atomic E-state index is 0.0646. The molecule has 0 radical (unpaired) electrons. The number of halogens is 2. The van der Waals surface area contributed by atoms with Crippen molar-refractivity contribution in [2.24, 2.45) is 0 Å². The average molecular weight is 429 g/mol. The highest BCUT2D eigenvalue weighted by Crippen LogP contribution is 2.29. The van der Waals surface area contributed by atoms with Crippen LogP contribution in [0.1, 0.15) is 21.6 Å². The van der Waals surface area contributed by atoms with Crippen molar-refractivity contribution in [3.63, 3.8) is 0 Å². The number of rotatable bonds is 4. The van der Waals surface area contributed by atoms with Crippen molar-refractivity contribution in [1.29, 1.82) is 0 Å². The Morgan fingerprint density at radius 3 is 2.38 bits per heavy atom. The maximum Gasteiger partial charge on any atom is 0.251 e. The fourth-order valence-corrected chi connectivity index (χ4v) is 3.58. The average Bonchev–Trinajstić information content (AvgIpc) is 3.16. The molecular formula is C21H18Cl2N4O2. The van der Waals surface area contributed by atoms with Crippen molar-refractivity contribution in [2.75, 3.05) is 13.1 Å². The molecule has 2 heterocycles. The van der Waals surface area contributed by atoms with E-state index in [1.165, 1.54) is 0 Å². The van der Waals surface area contributed by atoms with E-state index >= 15 is 0 Å². The highest BCUT2D eigenvalue weighted by Gasteiger charge is 2.25. The molecule has 4 rings (SSSR count). The van der Waals surface area contributed by atoms with Crippen molar-refractivity contribution in [1.82, 2.24) is 20.4 Å². The van der Waals surface area contributed by atoms with Crippen LogP contribution in [0.15, 0.2) is 48.5 Å². The number of nitrogens with zero attached hydrogens (tertiary/aromatic N) is 2. The number of fused-ring (bicyclic) bond motifs is 1. The van der Waals surface area contributed by atoms with Gasteiger partial charge in [0.15, 0.2) is 0 Å². The molecule has 2 amide bonds. The predicted molar refractivity (Wildman–Crippen MR) is 112 cm³/mol. The van der Waals surface area contributed by atoms with E-state index in [0.717, 1.165) is 22.5 Å². The first kappa shape index (κ1) is 19.5. The highest BCUT2D eigenvalue weighted by atomic mass is 35.5. The molecule has 8 heteroatoms. The molecule has 0 atom stereocenters. The molecule has 0 saturated carbocycles. The Balaban J connectivity index is 1.42. The monoisotopic (exact) mass is 428 g/mol. The van der Waals surface area contributed by atoms with E-state index in [4.69, 9.17) is 23.2 Å². The second kappa shape index (κ2) is 8.27. The predicted octanol–water partition coefficient (Wildman–Crippen LogP) is 3.70. The summed E-state index contributed by atoms with van der Waals surface area (Å²) in [6, 6.07) is 14.0. The highest BCUT2D eigenvalue weighted by molar-refractivity contribution is 6.31. The smallest absolute Gasteiger partial charge is 0.251 e. The van der Waals surface area contributed by atoms with E-state index in [2.05, 4.69) is 15.5 Å². The fourth-order valence-electron chi connectivity index (χ4n) is 3.33. The summed E-state index contributed by atoms with van der Waals surface area (Å²) in [7, 11) is 0.